The zero-order valence-electron chi connectivity index (χ0n) is 21.3. The fraction of sp³-hybridized carbons (Fsp3) is 0.480. The van der Waals surface area contributed by atoms with Crippen molar-refractivity contribution in [2.24, 2.45) is 16.6 Å². The predicted octanol–water partition coefficient (Wildman–Crippen LogP) is 3.80. The lowest BCUT2D eigenvalue weighted by Gasteiger charge is -2.17. The molecule has 4 rings (SSSR count). The van der Waals surface area contributed by atoms with Crippen LogP contribution in [-0.2, 0) is 9.84 Å². The Labute approximate surface area is 223 Å². The molecule has 5 N–H and O–H groups in total. The number of allylic oxidation sites excluding steroid dienone is 1. The summed E-state index contributed by atoms with van der Waals surface area (Å²) in [7, 11) is -2.20. The summed E-state index contributed by atoms with van der Waals surface area (Å²) < 4.78 is 31.6. The maximum absolute atomic E-state index is 12.7. The van der Waals surface area contributed by atoms with Crippen molar-refractivity contribution in [1.82, 2.24) is 15.3 Å². The first-order chi connectivity index (χ1) is 17.7. The third-order valence-corrected chi connectivity index (χ3v) is 8.28. The minimum Gasteiger partial charge on any atom is -0.488 e. The van der Waals surface area contributed by atoms with Crippen molar-refractivity contribution in [3.63, 3.8) is 0 Å². The molecule has 1 saturated carbocycles. The first-order valence-electron chi connectivity index (χ1n) is 12.4. The molecule has 0 bridgehead atoms. The van der Waals surface area contributed by atoms with Crippen molar-refractivity contribution >= 4 is 45.1 Å². The number of anilines is 3. The first kappa shape index (κ1) is 27.2. The van der Waals surface area contributed by atoms with Crippen LogP contribution in [0.15, 0.2) is 40.1 Å². The number of aromatic nitrogens is 2. The Hall–Kier alpha value is -2.89. The van der Waals surface area contributed by atoms with Gasteiger partial charge in [-0.2, -0.15) is 4.98 Å². The molecule has 1 aromatic heterocycles. The number of nitrogens with zero attached hydrogens (tertiary/aromatic N) is 3. The van der Waals surface area contributed by atoms with Crippen LogP contribution in [0.2, 0.25) is 5.02 Å². The SMILES string of the molecule is CN=CC(Nc1nc(Nc2ccc(C3CCNC3)cc2OC2CC2)ncc1Cl)=C(N)S(=O)(=O)CC(C)C. The highest BCUT2D eigenvalue weighted by Crippen LogP contribution is 2.37. The molecule has 37 heavy (non-hydrogen) atoms. The van der Waals surface area contributed by atoms with Gasteiger partial charge >= 0.3 is 0 Å². The molecule has 0 spiro atoms. The molecular weight excluding hydrogens is 514 g/mol. The van der Waals surface area contributed by atoms with Gasteiger partial charge in [-0.1, -0.05) is 31.5 Å². The van der Waals surface area contributed by atoms with Crippen molar-refractivity contribution in [3.8, 4) is 5.75 Å². The lowest BCUT2D eigenvalue weighted by molar-refractivity contribution is 0.304. The fourth-order valence-corrected chi connectivity index (χ4v) is 5.68. The molecule has 10 nitrogen and oxygen atoms in total. The molecule has 12 heteroatoms. The van der Waals surface area contributed by atoms with Gasteiger partial charge in [-0.25, -0.2) is 13.4 Å². The molecule has 1 saturated heterocycles. The number of nitrogens with two attached hydrogens (primary N) is 1. The zero-order valence-corrected chi connectivity index (χ0v) is 22.9. The minimum absolute atomic E-state index is 0.0852. The molecule has 2 aliphatic rings. The van der Waals surface area contributed by atoms with E-state index in [1.165, 1.54) is 25.0 Å². The van der Waals surface area contributed by atoms with E-state index in [2.05, 4.69) is 43.0 Å². The van der Waals surface area contributed by atoms with Gasteiger partial charge in [-0.15, -0.1) is 0 Å². The van der Waals surface area contributed by atoms with Gasteiger partial charge in [0, 0.05) is 19.8 Å². The summed E-state index contributed by atoms with van der Waals surface area (Å²) in [5.74, 6) is 1.48. The Morgan fingerprint density at radius 1 is 1.35 bits per heavy atom. The van der Waals surface area contributed by atoms with Gasteiger partial charge in [-0.05, 0) is 55.3 Å². The van der Waals surface area contributed by atoms with E-state index in [9.17, 15) is 8.42 Å². The van der Waals surface area contributed by atoms with Gasteiger partial charge in [0.05, 0.1) is 29.4 Å². The van der Waals surface area contributed by atoms with Crippen LogP contribution in [0.5, 0.6) is 5.75 Å². The molecule has 2 heterocycles. The number of halogens is 1. The summed E-state index contributed by atoms with van der Waals surface area (Å²) >= 11 is 6.35. The van der Waals surface area contributed by atoms with Crippen LogP contribution in [0.4, 0.5) is 17.5 Å². The van der Waals surface area contributed by atoms with E-state index in [-0.39, 0.29) is 45.3 Å². The van der Waals surface area contributed by atoms with Crippen LogP contribution < -0.4 is 26.4 Å². The van der Waals surface area contributed by atoms with Gasteiger partial charge in [0.2, 0.25) is 5.95 Å². The number of benzene rings is 1. The van der Waals surface area contributed by atoms with Gasteiger partial charge in [0.1, 0.15) is 10.8 Å². The highest BCUT2D eigenvalue weighted by atomic mass is 35.5. The lowest BCUT2D eigenvalue weighted by atomic mass is 9.98. The van der Waals surface area contributed by atoms with E-state index < -0.39 is 9.84 Å². The van der Waals surface area contributed by atoms with Crippen LogP contribution in [-0.4, -0.2) is 56.6 Å². The summed E-state index contributed by atoms with van der Waals surface area (Å²) in [6, 6.07) is 6.15. The molecular formula is C25H34ClN7O3S. The van der Waals surface area contributed by atoms with E-state index in [4.69, 9.17) is 22.1 Å². The monoisotopic (exact) mass is 547 g/mol. The number of rotatable bonds is 11. The molecule has 1 aromatic carbocycles. The topological polar surface area (TPSA) is 144 Å². The smallest absolute Gasteiger partial charge is 0.229 e. The standard InChI is InChI=1S/C25H34ClN7O3S/c1-15(2)14-37(34,35)23(27)21(13-28-3)31-24-19(26)12-30-25(33-24)32-20-7-4-16(17-8-9-29-11-17)10-22(20)36-18-5-6-18/h4,7,10,12-13,15,17-18,29H,5-6,8-9,11,14,27H2,1-3H3,(H2,30,31,32,33). The van der Waals surface area contributed by atoms with E-state index in [1.54, 1.807) is 0 Å². The highest BCUT2D eigenvalue weighted by molar-refractivity contribution is 7.95. The average molecular weight is 548 g/mol. The molecule has 2 fully saturated rings. The van der Waals surface area contributed by atoms with Gasteiger partial charge in [0.25, 0.3) is 0 Å². The second-order valence-corrected chi connectivity index (χ2v) is 12.2. The number of ether oxygens (including phenoxy) is 1. The highest BCUT2D eigenvalue weighted by Gasteiger charge is 2.26. The third kappa shape index (κ3) is 7.12. The summed E-state index contributed by atoms with van der Waals surface area (Å²) in [4.78, 5) is 12.7. The van der Waals surface area contributed by atoms with Crippen molar-refractivity contribution in [3.05, 3.63) is 45.7 Å². The Balaban J connectivity index is 1.61. The molecule has 1 aliphatic carbocycles. The maximum Gasteiger partial charge on any atom is 0.229 e. The number of aliphatic imine (C=N–C) groups is 1. The molecule has 1 atom stereocenters. The molecule has 1 aliphatic heterocycles. The van der Waals surface area contributed by atoms with Crippen molar-refractivity contribution in [1.29, 1.82) is 0 Å². The summed E-state index contributed by atoms with van der Waals surface area (Å²) in [5, 5.41) is 9.42. The number of hydrogen-bond donors (Lipinski definition) is 4. The van der Waals surface area contributed by atoms with Gasteiger partial charge in [-0.3, -0.25) is 4.99 Å². The Bertz CT molecular complexity index is 1290. The lowest BCUT2D eigenvalue weighted by Crippen LogP contribution is -2.24. The summed E-state index contributed by atoms with van der Waals surface area (Å²) in [5.41, 5.74) is 8.10. The molecule has 0 amide bonds. The largest absolute Gasteiger partial charge is 0.488 e. The fourth-order valence-electron chi connectivity index (χ4n) is 4.04. The van der Waals surface area contributed by atoms with Crippen LogP contribution >= 0.6 is 11.6 Å². The molecule has 200 valence electrons. The summed E-state index contributed by atoms with van der Waals surface area (Å²) in [6.45, 7) is 5.59. The Morgan fingerprint density at radius 3 is 2.78 bits per heavy atom. The maximum atomic E-state index is 12.7. The number of hydrogen-bond acceptors (Lipinski definition) is 10. The van der Waals surface area contributed by atoms with Crippen LogP contribution in [0.1, 0.15) is 44.6 Å². The van der Waals surface area contributed by atoms with E-state index in [0.29, 0.717) is 5.92 Å². The molecule has 1 unspecified atom stereocenters. The quantitative estimate of drug-likeness (QED) is 0.309. The number of nitrogens with one attached hydrogen (secondary N) is 3. The molecule has 2 aromatic rings. The van der Waals surface area contributed by atoms with E-state index in [0.717, 1.165) is 43.8 Å². The second kappa shape index (κ2) is 11.7. The van der Waals surface area contributed by atoms with E-state index in [1.807, 2.05) is 19.9 Å². The molecule has 0 radical (unpaired) electrons. The normalized spacial score (nSPS) is 18.8. The Morgan fingerprint density at radius 2 is 2.14 bits per heavy atom. The Kier molecular flexibility index (Phi) is 8.56. The van der Waals surface area contributed by atoms with Crippen molar-refractivity contribution in [2.45, 2.75) is 45.1 Å². The average Bonchev–Trinajstić information content (AvgIpc) is 3.48. The number of sulfone groups is 1. The minimum atomic E-state index is -3.71. The van der Waals surface area contributed by atoms with Gasteiger partial charge < -0.3 is 26.4 Å². The third-order valence-electron chi connectivity index (χ3n) is 6.01. The van der Waals surface area contributed by atoms with Crippen molar-refractivity contribution in [2.75, 3.05) is 36.5 Å². The van der Waals surface area contributed by atoms with Crippen LogP contribution in [0.25, 0.3) is 0 Å². The van der Waals surface area contributed by atoms with E-state index >= 15 is 0 Å². The first-order valence-corrected chi connectivity index (χ1v) is 14.4. The summed E-state index contributed by atoms with van der Waals surface area (Å²) in [6.07, 6.45) is 6.15. The van der Waals surface area contributed by atoms with Gasteiger partial charge in [0.15, 0.2) is 20.7 Å². The van der Waals surface area contributed by atoms with Crippen LogP contribution in [0, 0.1) is 5.92 Å². The zero-order chi connectivity index (χ0) is 26.6. The van der Waals surface area contributed by atoms with Crippen molar-refractivity contribution < 1.29 is 13.2 Å². The second-order valence-electron chi connectivity index (χ2n) is 9.74. The predicted molar refractivity (Wildman–Crippen MR) is 149 cm³/mol. The van der Waals surface area contributed by atoms with Crippen LogP contribution in [0.3, 0.4) is 0 Å².